The van der Waals surface area contributed by atoms with E-state index in [4.69, 9.17) is 18.6 Å². The summed E-state index contributed by atoms with van der Waals surface area (Å²) in [5, 5.41) is 3.47. The minimum atomic E-state index is -0.483. The zero-order valence-corrected chi connectivity index (χ0v) is 21.0. The molecule has 3 heterocycles. The molecule has 0 unspecified atom stereocenters. The molecule has 0 radical (unpaired) electrons. The molecule has 6 aromatic rings. The highest BCUT2D eigenvalue weighted by molar-refractivity contribution is 6.08. The van der Waals surface area contributed by atoms with Gasteiger partial charge in [0.1, 0.15) is 18.0 Å². The number of nitrogens with zero attached hydrogens (tertiary/aromatic N) is 1. The molecule has 39 heavy (non-hydrogen) atoms. The zero-order chi connectivity index (χ0) is 26.3. The number of allylic oxidation sites excluding steroid dienone is 1. The van der Waals surface area contributed by atoms with Gasteiger partial charge in [-0.25, -0.2) is 14.6 Å². The van der Waals surface area contributed by atoms with E-state index in [9.17, 15) is 9.59 Å². The third-order valence-corrected chi connectivity index (χ3v) is 7.31. The SMILES string of the molecule is O=C(OCc1cc(=O)oc2ccc3ccccc3c12)c1c2c(nc3ccccc13)/C(=C/c1ccco1)CCC2. The fourth-order valence-corrected chi connectivity index (χ4v) is 5.60. The maximum absolute atomic E-state index is 13.8. The Morgan fingerprint density at radius 3 is 2.67 bits per heavy atom. The smallest absolute Gasteiger partial charge is 0.339 e. The lowest BCUT2D eigenvalue weighted by molar-refractivity contribution is 0.0474. The topological polar surface area (TPSA) is 82.5 Å². The quantitative estimate of drug-likeness (QED) is 0.140. The Balaban J connectivity index is 1.32. The van der Waals surface area contributed by atoms with E-state index in [1.54, 1.807) is 12.3 Å². The van der Waals surface area contributed by atoms with Gasteiger partial charge in [0.15, 0.2) is 0 Å². The van der Waals surface area contributed by atoms with E-state index in [1.165, 1.54) is 6.07 Å². The molecule has 0 aliphatic heterocycles. The van der Waals surface area contributed by atoms with Crippen molar-refractivity contribution in [3.63, 3.8) is 0 Å². The Hall–Kier alpha value is -4.97. The van der Waals surface area contributed by atoms with Crippen molar-refractivity contribution >= 4 is 50.3 Å². The molecule has 0 fully saturated rings. The first-order valence-electron chi connectivity index (χ1n) is 12.9. The summed E-state index contributed by atoms with van der Waals surface area (Å²) in [6.45, 7) is -0.0601. The number of aromatic nitrogens is 1. The van der Waals surface area contributed by atoms with Gasteiger partial charge in [-0.05, 0) is 71.5 Å². The van der Waals surface area contributed by atoms with E-state index < -0.39 is 11.6 Å². The number of para-hydroxylation sites is 1. The van der Waals surface area contributed by atoms with Gasteiger partial charge in [0.2, 0.25) is 0 Å². The van der Waals surface area contributed by atoms with E-state index in [1.807, 2.05) is 72.8 Å². The van der Waals surface area contributed by atoms with Crippen molar-refractivity contribution in [3.05, 3.63) is 124 Å². The number of benzene rings is 3. The van der Waals surface area contributed by atoms with Crippen LogP contribution in [0.4, 0.5) is 0 Å². The highest BCUT2D eigenvalue weighted by Gasteiger charge is 2.26. The Morgan fingerprint density at radius 1 is 0.949 bits per heavy atom. The van der Waals surface area contributed by atoms with E-state index in [-0.39, 0.29) is 6.61 Å². The van der Waals surface area contributed by atoms with Crippen LogP contribution in [0.1, 0.15) is 45.8 Å². The predicted octanol–water partition coefficient (Wildman–Crippen LogP) is 7.32. The fraction of sp³-hybridized carbons (Fsp3) is 0.121. The summed E-state index contributed by atoms with van der Waals surface area (Å²) in [4.78, 5) is 31.1. The summed E-state index contributed by atoms with van der Waals surface area (Å²) in [6, 6.07) is 24.4. The third-order valence-electron chi connectivity index (χ3n) is 7.31. The van der Waals surface area contributed by atoms with E-state index in [2.05, 4.69) is 0 Å². The van der Waals surface area contributed by atoms with Crippen molar-refractivity contribution < 1.29 is 18.4 Å². The van der Waals surface area contributed by atoms with Crippen LogP contribution in [0.5, 0.6) is 0 Å². The second kappa shape index (κ2) is 9.40. The zero-order valence-electron chi connectivity index (χ0n) is 21.0. The standard InChI is InChI=1S/C33H23NO5/c35-29-18-22(30-24-10-2-1-7-20(24)14-15-28(30)39-29)19-38-33(36)31-25-11-3-4-13-27(25)34-32-21(8-5-12-26(31)32)17-23-9-6-16-37-23/h1-4,6-7,9-11,13-18H,5,8,12,19H2/b21-17+. The van der Waals surface area contributed by atoms with E-state index >= 15 is 0 Å². The van der Waals surface area contributed by atoms with Crippen LogP contribution in [0.3, 0.4) is 0 Å². The molecular weight excluding hydrogens is 490 g/mol. The lowest BCUT2D eigenvalue weighted by Crippen LogP contribution is -2.16. The number of furan rings is 1. The minimum absolute atomic E-state index is 0.0601. The van der Waals surface area contributed by atoms with Crippen molar-refractivity contribution in [2.24, 2.45) is 0 Å². The van der Waals surface area contributed by atoms with Crippen LogP contribution in [0.25, 0.3) is 44.3 Å². The molecule has 6 heteroatoms. The first-order chi connectivity index (χ1) is 19.2. The van der Waals surface area contributed by atoms with Gasteiger partial charge < -0.3 is 13.6 Å². The van der Waals surface area contributed by atoms with Crippen molar-refractivity contribution in [2.45, 2.75) is 25.9 Å². The van der Waals surface area contributed by atoms with Crippen molar-refractivity contribution in [3.8, 4) is 0 Å². The number of ether oxygens (including phenoxy) is 1. The van der Waals surface area contributed by atoms with Crippen LogP contribution >= 0.6 is 0 Å². The molecule has 1 aliphatic rings. The van der Waals surface area contributed by atoms with Gasteiger partial charge in [-0.2, -0.15) is 0 Å². The Labute approximate surface area is 223 Å². The monoisotopic (exact) mass is 513 g/mol. The summed E-state index contributed by atoms with van der Waals surface area (Å²) in [7, 11) is 0. The molecular formula is C33H23NO5. The Kier molecular flexibility index (Phi) is 5.59. The molecule has 3 aromatic heterocycles. The molecule has 6 nitrogen and oxygen atoms in total. The van der Waals surface area contributed by atoms with Crippen LogP contribution < -0.4 is 5.63 Å². The lowest BCUT2D eigenvalue weighted by Gasteiger charge is -2.22. The molecule has 1 aliphatic carbocycles. The molecule has 0 amide bonds. The third kappa shape index (κ3) is 4.10. The normalized spacial score (nSPS) is 14.2. The summed E-state index contributed by atoms with van der Waals surface area (Å²) >= 11 is 0. The van der Waals surface area contributed by atoms with Crippen LogP contribution in [-0.4, -0.2) is 11.0 Å². The van der Waals surface area contributed by atoms with Gasteiger partial charge in [0.05, 0.1) is 23.0 Å². The summed E-state index contributed by atoms with van der Waals surface area (Å²) < 4.78 is 17.0. The van der Waals surface area contributed by atoms with Crippen LogP contribution in [0, 0.1) is 0 Å². The first kappa shape index (κ1) is 23.2. The number of pyridine rings is 1. The lowest BCUT2D eigenvalue weighted by atomic mass is 9.86. The Bertz CT molecular complexity index is 1980. The van der Waals surface area contributed by atoms with Gasteiger partial charge in [-0.3, -0.25) is 0 Å². The van der Waals surface area contributed by atoms with Crippen LogP contribution in [0.15, 0.2) is 98.8 Å². The van der Waals surface area contributed by atoms with Crippen molar-refractivity contribution in [1.82, 2.24) is 4.98 Å². The average molecular weight is 514 g/mol. The average Bonchev–Trinajstić information content (AvgIpc) is 3.47. The number of hydrogen-bond donors (Lipinski definition) is 0. The highest BCUT2D eigenvalue weighted by Crippen LogP contribution is 2.37. The number of carbonyl (C=O) groups excluding carboxylic acids is 1. The maximum atomic E-state index is 13.8. The number of fused-ring (bicyclic) bond motifs is 5. The molecule has 0 saturated heterocycles. The predicted molar refractivity (Wildman–Crippen MR) is 150 cm³/mol. The maximum Gasteiger partial charge on any atom is 0.339 e. The highest BCUT2D eigenvalue weighted by atomic mass is 16.5. The molecule has 0 bridgehead atoms. The first-order valence-corrected chi connectivity index (χ1v) is 12.9. The summed E-state index contributed by atoms with van der Waals surface area (Å²) in [5.74, 6) is 0.310. The minimum Gasteiger partial charge on any atom is -0.465 e. The molecule has 0 saturated carbocycles. The van der Waals surface area contributed by atoms with Gasteiger partial charge in [0.25, 0.3) is 0 Å². The summed E-state index contributed by atoms with van der Waals surface area (Å²) in [6.07, 6.45) is 6.08. The summed E-state index contributed by atoms with van der Waals surface area (Å²) in [5.41, 5.74) is 4.56. The second-order valence-corrected chi connectivity index (χ2v) is 9.70. The van der Waals surface area contributed by atoms with Crippen molar-refractivity contribution in [2.75, 3.05) is 0 Å². The number of esters is 1. The Morgan fingerprint density at radius 2 is 1.79 bits per heavy atom. The molecule has 0 atom stereocenters. The van der Waals surface area contributed by atoms with Gasteiger partial charge >= 0.3 is 11.6 Å². The molecule has 0 N–H and O–H groups in total. The molecule has 3 aromatic carbocycles. The van der Waals surface area contributed by atoms with Gasteiger partial charge in [0, 0.05) is 22.4 Å². The number of hydrogen-bond acceptors (Lipinski definition) is 6. The number of carbonyl (C=O) groups is 1. The second-order valence-electron chi connectivity index (χ2n) is 9.70. The molecule has 7 rings (SSSR count). The van der Waals surface area contributed by atoms with Gasteiger partial charge in [-0.15, -0.1) is 0 Å². The molecule has 190 valence electrons. The van der Waals surface area contributed by atoms with Crippen molar-refractivity contribution in [1.29, 1.82) is 0 Å². The number of rotatable bonds is 4. The van der Waals surface area contributed by atoms with E-state index in [0.29, 0.717) is 16.7 Å². The largest absolute Gasteiger partial charge is 0.465 e. The van der Waals surface area contributed by atoms with Crippen LogP contribution in [0.2, 0.25) is 0 Å². The van der Waals surface area contributed by atoms with Crippen LogP contribution in [-0.2, 0) is 17.8 Å². The molecule has 0 spiro atoms. The van der Waals surface area contributed by atoms with E-state index in [0.717, 1.165) is 68.9 Å². The van der Waals surface area contributed by atoms with Gasteiger partial charge in [-0.1, -0.05) is 48.5 Å². The fourth-order valence-electron chi connectivity index (χ4n) is 5.60.